The van der Waals surface area contributed by atoms with Crippen LogP contribution in [0, 0.1) is 5.92 Å². The Hall–Kier alpha value is -3.15. The normalized spacial score (nSPS) is 22.1. The van der Waals surface area contributed by atoms with Gasteiger partial charge in [0.1, 0.15) is 17.7 Å². The van der Waals surface area contributed by atoms with Gasteiger partial charge in [0.05, 0.1) is 5.41 Å². The molecule has 3 aromatic heterocycles. The Morgan fingerprint density at radius 3 is 2.81 bits per heavy atom. The molecule has 1 aliphatic carbocycles. The number of aromatic amines is 1. The van der Waals surface area contributed by atoms with Gasteiger partial charge in [0.2, 0.25) is 0 Å². The number of rotatable bonds is 3. The Balaban J connectivity index is 1.66. The summed E-state index contributed by atoms with van der Waals surface area (Å²) in [6.07, 6.45) is 7.47. The molecule has 6 nitrogen and oxygen atoms in total. The molecule has 0 atom stereocenters. The lowest BCUT2D eigenvalue weighted by Gasteiger charge is -2.46. The highest BCUT2D eigenvalue weighted by Gasteiger charge is 2.48. The van der Waals surface area contributed by atoms with Crippen molar-refractivity contribution in [2.24, 2.45) is 13.0 Å². The van der Waals surface area contributed by atoms with Gasteiger partial charge >= 0.3 is 0 Å². The van der Waals surface area contributed by atoms with E-state index in [1.54, 1.807) is 17.1 Å². The van der Waals surface area contributed by atoms with Gasteiger partial charge in [-0.05, 0) is 48.6 Å². The van der Waals surface area contributed by atoms with E-state index in [2.05, 4.69) is 34.2 Å². The molecule has 4 aromatic rings. The van der Waals surface area contributed by atoms with Gasteiger partial charge in [0.15, 0.2) is 0 Å². The minimum absolute atomic E-state index is 0.0377. The van der Waals surface area contributed by atoms with Crippen LogP contribution >= 0.6 is 0 Å². The summed E-state index contributed by atoms with van der Waals surface area (Å²) in [4.78, 5) is 15.9. The number of hydrogen-bond acceptors (Lipinski definition) is 3. The Morgan fingerprint density at radius 2 is 2.07 bits per heavy atom. The average molecular weight is 359 g/mol. The third-order valence-electron chi connectivity index (χ3n) is 5.83. The van der Waals surface area contributed by atoms with Gasteiger partial charge in [-0.3, -0.25) is 9.36 Å². The molecular formula is C21H21N5O. The lowest BCUT2D eigenvalue weighted by molar-refractivity contribution is 0.185. The Morgan fingerprint density at radius 1 is 1.22 bits per heavy atom. The van der Waals surface area contributed by atoms with Crippen LogP contribution in [0.3, 0.4) is 0 Å². The molecule has 0 amide bonds. The summed E-state index contributed by atoms with van der Waals surface area (Å²) in [6.45, 7) is 2.27. The largest absolute Gasteiger partial charge is 0.357 e. The molecule has 5 rings (SSSR count). The van der Waals surface area contributed by atoms with Gasteiger partial charge in [0, 0.05) is 30.5 Å². The molecule has 0 bridgehead atoms. The summed E-state index contributed by atoms with van der Waals surface area (Å²) in [5.74, 6) is 1.63. The van der Waals surface area contributed by atoms with Crippen molar-refractivity contribution < 1.29 is 0 Å². The van der Waals surface area contributed by atoms with Crippen LogP contribution in [0.1, 0.15) is 31.2 Å². The summed E-state index contributed by atoms with van der Waals surface area (Å²) in [7, 11) is 1.99. The molecule has 0 radical (unpaired) electrons. The van der Waals surface area contributed by atoms with E-state index in [-0.39, 0.29) is 11.0 Å². The molecule has 27 heavy (non-hydrogen) atoms. The third kappa shape index (κ3) is 2.29. The number of aromatic nitrogens is 5. The summed E-state index contributed by atoms with van der Waals surface area (Å²) < 4.78 is 3.71. The number of fused-ring (bicyclic) bond motifs is 1. The summed E-state index contributed by atoms with van der Waals surface area (Å²) >= 11 is 0. The Bertz CT molecular complexity index is 1190. The average Bonchev–Trinajstić information content (AvgIpc) is 3.29. The molecule has 1 fully saturated rings. The van der Waals surface area contributed by atoms with E-state index >= 15 is 0 Å². The number of hydrogen-bond donors (Lipinski definition) is 1. The van der Waals surface area contributed by atoms with Gasteiger partial charge in [-0.1, -0.05) is 19.1 Å². The number of nitrogens with zero attached hydrogens (tertiary/aromatic N) is 4. The zero-order valence-electron chi connectivity index (χ0n) is 15.4. The number of aryl methyl sites for hydroxylation is 1. The van der Waals surface area contributed by atoms with E-state index in [0.717, 1.165) is 29.7 Å². The minimum atomic E-state index is -0.138. The van der Waals surface area contributed by atoms with Crippen LogP contribution in [-0.4, -0.2) is 24.3 Å². The van der Waals surface area contributed by atoms with Crippen molar-refractivity contribution in [3.05, 3.63) is 76.9 Å². The monoisotopic (exact) mass is 359 g/mol. The fraction of sp³-hybridized carbons (Fsp3) is 0.286. The molecule has 0 aliphatic heterocycles. The second-order valence-corrected chi connectivity index (χ2v) is 7.71. The van der Waals surface area contributed by atoms with Crippen molar-refractivity contribution in [3.63, 3.8) is 0 Å². The van der Waals surface area contributed by atoms with Gasteiger partial charge in [-0.25, -0.2) is 0 Å². The van der Waals surface area contributed by atoms with E-state index in [4.69, 9.17) is 0 Å². The molecular weight excluding hydrogens is 338 g/mol. The maximum atomic E-state index is 12.9. The number of H-pyrrole nitrogens is 1. The van der Waals surface area contributed by atoms with Crippen LogP contribution in [0.5, 0.6) is 0 Å². The van der Waals surface area contributed by atoms with Crippen LogP contribution in [0.4, 0.5) is 0 Å². The summed E-state index contributed by atoms with van der Waals surface area (Å²) in [5, 5.41) is 9.44. The van der Waals surface area contributed by atoms with Gasteiger partial charge < -0.3 is 9.55 Å². The number of pyridine rings is 1. The van der Waals surface area contributed by atoms with Crippen LogP contribution < -0.4 is 5.56 Å². The molecule has 6 heteroatoms. The second kappa shape index (κ2) is 5.67. The predicted octanol–water partition coefficient (Wildman–Crippen LogP) is 3.16. The molecule has 0 spiro atoms. The highest BCUT2D eigenvalue weighted by atomic mass is 16.1. The molecule has 3 heterocycles. The molecule has 1 aliphatic rings. The third-order valence-corrected chi connectivity index (χ3v) is 5.83. The molecule has 136 valence electrons. The van der Waals surface area contributed by atoms with Crippen molar-refractivity contribution in [3.8, 4) is 5.69 Å². The van der Waals surface area contributed by atoms with E-state index in [0.29, 0.717) is 11.4 Å². The van der Waals surface area contributed by atoms with Crippen molar-refractivity contribution in [2.75, 3.05) is 0 Å². The van der Waals surface area contributed by atoms with Crippen molar-refractivity contribution in [1.82, 2.24) is 24.3 Å². The van der Waals surface area contributed by atoms with Crippen molar-refractivity contribution >= 4 is 10.9 Å². The zero-order valence-corrected chi connectivity index (χ0v) is 15.4. The first-order chi connectivity index (χ1) is 13.1. The van der Waals surface area contributed by atoms with Gasteiger partial charge in [0.25, 0.3) is 5.56 Å². The van der Waals surface area contributed by atoms with E-state index in [1.807, 2.05) is 42.1 Å². The minimum Gasteiger partial charge on any atom is -0.357 e. The first-order valence-electron chi connectivity index (χ1n) is 9.23. The van der Waals surface area contributed by atoms with Crippen LogP contribution in [0.15, 0.2) is 59.9 Å². The van der Waals surface area contributed by atoms with Crippen LogP contribution in [0.2, 0.25) is 0 Å². The van der Waals surface area contributed by atoms with E-state index in [1.165, 1.54) is 5.56 Å². The zero-order chi connectivity index (χ0) is 18.6. The maximum absolute atomic E-state index is 12.9. The van der Waals surface area contributed by atoms with Crippen molar-refractivity contribution in [1.29, 1.82) is 0 Å². The lowest BCUT2D eigenvalue weighted by Crippen LogP contribution is -2.43. The quantitative estimate of drug-likeness (QED) is 0.611. The first kappa shape index (κ1) is 16.1. The smallest absolute Gasteiger partial charge is 0.279 e. The van der Waals surface area contributed by atoms with Gasteiger partial charge in [-0.2, -0.15) is 0 Å². The lowest BCUT2D eigenvalue weighted by atomic mass is 9.58. The fourth-order valence-electron chi connectivity index (χ4n) is 4.60. The standard InChI is InChI=1S/C21H21N5O/c1-14-11-21(12-14,20-24-23-13-25(20)2)16-4-3-5-17(10-16)26-9-7-15-6-8-22-18(15)19(26)27/h3-10,13-14,22H,11-12H2,1-2H3. The molecule has 0 saturated heterocycles. The SMILES string of the molecule is CC1CC(c2cccc(-n3ccc4cc[nH]c4c3=O)c2)(c2nncn2C)C1. The predicted molar refractivity (Wildman–Crippen MR) is 104 cm³/mol. The van der Waals surface area contributed by atoms with E-state index in [9.17, 15) is 4.79 Å². The number of nitrogens with one attached hydrogen (secondary N) is 1. The number of benzene rings is 1. The topological polar surface area (TPSA) is 68.5 Å². The molecule has 1 aromatic carbocycles. The first-order valence-corrected chi connectivity index (χ1v) is 9.23. The summed E-state index contributed by atoms with van der Waals surface area (Å²) in [5.41, 5.74) is 2.51. The van der Waals surface area contributed by atoms with Crippen LogP contribution in [0.25, 0.3) is 16.6 Å². The fourth-order valence-corrected chi connectivity index (χ4v) is 4.60. The van der Waals surface area contributed by atoms with Crippen molar-refractivity contribution in [2.45, 2.75) is 25.2 Å². The molecule has 1 N–H and O–H groups in total. The van der Waals surface area contributed by atoms with Crippen LogP contribution in [-0.2, 0) is 12.5 Å². The Kier molecular flexibility index (Phi) is 3.37. The maximum Gasteiger partial charge on any atom is 0.279 e. The molecule has 0 unspecified atom stereocenters. The van der Waals surface area contributed by atoms with E-state index < -0.39 is 0 Å². The van der Waals surface area contributed by atoms with Gasteiger partial charge in [-0.15, -0.1) is 10.2 Å². The highest BCUT2D eigenvalue weighted by Crippen LogP contribution is 2.51. The Labute approximate surface area is 156 Å². The molecule has 1 saturated carbocycles. The summed E-state index contributed by atoms with van der Waals surface area (Å²) in [6, 6.07) is 12.1. The second-order valence-electron chi connectivity index (χ2n) is 7.71. The highest BCUT2D eigenvalue weighted by molar-refractivity contribution is 5.78.